The smallest absolute Gasteiger partial charge is 0.224 e. The van der Waals surface area contributed by atoms with E-state index in [1.807, 2.05) is 42.2 Å². The van der Waals surface area contributed by atoms with Crippen LogP contribution in [0.15, 0.2) is 30.3 Å². The second-order valence-electron chi connectivity index (χ2n) is 5.63. The minimum atomic E-state index is -0.0540. The van der Waals surface area contributed by atoms with Gasteiger partial charge in [-0.1, -0.05) is 18.2 Å². The van der Waals surface area contributed by atoms with Crippen LogP contribution in [0, 0.1) is 5.92 Å². The summed E-state index contributed by atoms with van der Waals surface area (Å²) in [4.78, 5) is 13.8. The lowest BCUT2D eigenvalue weighted by Crippen LogP contribution is -2.41. The van der Waals surface area contributed by atoms with Crippen LogP contribution in [0.3, 0.4) is 0 Å². The summed E-state index contributed by atoms with van der Waals surface area (Å²) in [6, 6.07) is 9.83. The number of hydrogen-bond acceptors (Lipinski definition) is 3. The third-order valence-electron chi connectivity index (χ3n) is 3.69. The van der Waals surface area contributed by atoms with E-state index in [-0.39, 0.29) is 11.9 Å². The predicted molar refractivity (Wildman–Crippen MR) is 79.5 cm³/mol. The van der Waals surface area contributed by atoms with E-state index < -0.39 is 0 Å². The van der Waals surface area contributed by atoms with Crippen LogP contribution in [0.1, 0.15) is 26.2 Å². The molecule has 1 aromatic rings. The largest absolute Gasteiger partial charge is 0.493 e. The van der Waals surface area contributed by atoms with E-state index in [1.165, 1.54) is 0 Å². The molecule has 1 atom stereocenters. The number of likely N-dealkylation sites (tertiary alicyclic amines) is 1. The molecule has 1 aromatic carbocycles. The molecule has 1 unspecified atom stereocenters. The lowest BCUT2D eigenvalue weighted by Gasteiger charge is -2.32. The first-order chi connectivity index (χ1) is 9.65. The Morgan fingerprint density at radius 3 is 2.60 bits per heavy atom. The maximum atomic E-state index is 11.9. The molecule has 1 saturated heterocycles. The highest BCUT2D eigenvalue weighted by Gasteiger charge is 2.23. The topological polar surface area (TPSA) is 55.6 Å². The monoisotopic (exact) mass is 276 g/mol. The van der Waals surface area contributed by atoms with E-state index >= 15 is 0 Å². The standard InChI is InChI=1S/C16H24N2O2/c1-13(17)11-16(19)18-9-7-14(8-10-18)12-20-15-5-3-2-4-6-15/h2-6,13-14H,7-12,17H2,1H3. The van der Waals surface area contributed by atoms with Gasteiger partial charge in [0.05, 0.1) is 6.61 Å². The van der Waals surface area contributed by atoms with Gasteiger partial charge in [0.15, 0.2) is 0 Å². The van der Waals surface area contributed by atoms with Crippen molar-refractivity contribution in [3.8, 4) is 5.75 Å². The van der Waals surface area contributed by atoms with Crippen molar-refractivity contribution < 1.29 is 9.53 Å². The quantitative estimate of drug-likeness (QED) is 0.895. The highest BCUT2D eigenvalue weighted by molar-refractivity contribution is 5.76. The molecular weight excluding hydrogens is 252 g/mol. The first kappa shape index (κ1) is 14.9. The van der Waals surface area contributed by atoms with Crippen LogP contribution in [-0.4, -0.2) is 36.5 Å². The first-order valence-corrected chi connectivity index (χ1v) is 7.36. The third kappa shape index (κ3) is 4.53. The van der Waals surface area contributed by atoms with Crippen LogP contribution in [0.25, 0.3) is 0 Å². The molecule has 1 amide bonds. The van der Waals surface area contributed by atoms with Crippen LogP contribution in [0.5, 0.6) is 5.75 Å². The van der Waals surface area contributed by atoms with Crippen molar-refractivity contribution in [1.82, 2.24) is 4.90 Å². The number of amides is 1. The molecule has 1 fully saturated rings. The summed E-state index contributed by atoms with van der Waals surface area (Å²) < 4.78 is 5.78. The van der Waals surface area contributed by atoms with Crippen molar-refractivity contribution >= 4 is 5.91 Å². The Bertz CT molecular complexity index is 412. The van der Waals surface area contributed by atoms with Crippen molar-refractivity contribution in [2.45, 2.75) is 32.2 Å². The molecule has 0 saturated carbocycles. The highest BCUT2D eigenvalue weighted by atomic mass is 16.5. The lowest BCUT2D eigenvalue weighted by molar-refractivity contribution is -0.133. The van der Waals surface area contributed by atoms with E-state index in [0.717, 1.165) is 38.3 Å². The maximum Gasteiger partial charge on any atom is 0.224 e. The molecule has 0 aromatic heterocycles. The van der Waals surface area contributed by atoms with Gasteiger partial charge in [-0.3, -0.25) is 4.79 Å². The number of carbonyl (C=O) groups excluding carboxylic acids is 1. The van der Waals surface area contributed by atoms with Gasteiger partial charge < -0.3 is 15.4 Å². The van der Waals surface area contributed by atoms with Gasteiger partial charge in [-0.25, -0.2) is 0 Å². The Kier molecular flexibility index (Phi) is 5.41. The van der Waals surface area contributed by atoms with Crippen molar-refractivity contribution in [3.63, 3.8) is 0 Å². The molecule has 4 nitrogen and oxygen atoms in total. The van der Waals surface area contributed by atoms with Gasteiger partial charge >= 0.3 is 0 Å². The van der Waals surface area contributed by atoms with Crippen molar-refractivity contribution in [3.05, 3.63) is 30.3 Å². The van der Waals surface area contributed by atoms with Gasteiger partial charge in [-0.15, -0.1) is 0 Å². The number of piperidine rings is 1. The minimum Gasteiger partial charge on any atom is -0.493 e. The number of hydrogen-bond donors (Lipinski definition) is 1. The normalized spacial score (nSPS) is 17.8. The summed E-state index contributed by atoms with van der Waals surface area (Å²) in [5, 5.41) is 0. The zero-order valence-electron chi connectivity index (χ0n) is 12.1. The minimum absolute atomic E-state index is 0.0540. The molecule has 0 aliphatic carbocycles. The molecule has 1 heterocycles. The summed E-state index contributed by atoms with van der Waals surface area (Å²) in [6.45, 7) is 4.26. The second kappa shape index (κ2) is 7.29. The van der Waals surface area contributed by atoms with Crippen LogP contribution in [-0.2, 0) is 4.79 Å². The Hall–Kier alpha value is -1.55. The molecule has 2 rings (SSSR count). The number of nitrogens with zero attached hydrogens (tertiary/aromatic N) is 1. The average molecular weight is 276 g/mol. The Morgan fingerprint density at radius 1 is 1.35 bits per heavy atom. The fourth-order valence-electron chi connectivity index (χ4n) is 2.48. The number of nitrogens with two attached hydrogens (primary N) is 1. The summed E-state index contributed by atoms with van der Waals surface area (Å²) in [5.41, 5.74) is 5.67. The van der Waals surface area contributed by atoms with Gasteiger partial charge in [0.25, 0.3) is 0 Å². The van der Waals surface area contributed by atoms with Crippen LogP contribution >= 0.6 is 0 Å². The van der Waals surface area contributed by atoms with E-state index in [1.54, 1.807) is 0 Å². The highest BCUT2D eigenvalue weighted by Crippen LogP contribution is 2.20. The molecule has 20 heavy (non-hydrogen) atoms. The fraction of sp³-hybridized carbons (Fsp3) is 0.562. The lowest BCUT2D eigenvalue weighted by atomic mass is 9.97. The van der Waals surface area contributed by atoms with Gasteiger partial charge in [0.2, 0.25) is 5.91 Å². The zero-order valence-corrected chi connectivity index (χ0v) is 12.1. The van der Waals surface area contributed by atoms with Gasteiger partial charge in [0.1, 0.15) is 5.75 Å². The van der Waals surface area contributed by atoms with Crippen molar-refractivity contribution in [2.75, 3.05) is 19.7 Å². The van der Waals surface area contributed by atoms with E-state index in [4.69, 9.17) is 10.5 Å². The van der Waals surface area contributed by atoms with E-state index in [9.17, 15) is 4.79 Å². The maximum absolute atomic E-state index is 11.9. The molecule has 0 spiro atoms. The SMILES string of the molecule is CC(N)CC(=O)N1CCC(COc2ccccc2)CC1. The van der Waals surface area contributed by atoms with Crippen molar-refractivity contribution in [1.29, 1.82) is 0 Å². The summed E-state index contributed by atoms with van der Waals surface area (Å²) in [6.07, 6.45) is 2.47. The molecule has 0 radical (unpaired) electrons. The predicted octanol–water partition coefficient (Wildman–Crippen LogP) is 2.04. The number of para-hydroxylation sites is 1. The molecule has 110 valence electrons. The number of rotatable bonds is 5. The molecule has 0 bridgehead atoms. The third-order valence-corrected chi connectivity index (χ3v) is 3.69. The van der Waals surface area contributed by atoms with Crippen LogP contribution in [0.4, 0.5) is 0 Å². The van der Waals surface area contributed by atoms with Gasteiger partial charge in [-0.2, -0.15) is 0 Å². The van der Waals surface area contributed by atoms with E-state index in [0.29, 0.717) is 12.3 Å². The first-order valence-electron chi connectivity index (χ1n) is 7.36. The molecular formula is C16H24N2O2. The number of ether oxygens (including phenoxy) is 1. The Balaban J connectivity index is 1.70. The average Bonchev–Trinajstić information content (AvgIpc) is 2.46. The molecule has 1 aliphatic rings. The zero-order chi connectivity index (χ0) is 14.4. The summed E-state index contributed by atoms with van der Waals surface area (Å²) >= 11 is 0. The number of carbonyl (C=O) groups is 1. The summed E-state index contributed by atoms with van der Waals surface area (Å²) in [5.74, 6) is 1.64. The summed E-state index contributed by atoms with van der Waals surface area (Å²) in [7, 11) is 0. The fourth-order valence-corrected chi connectivity index (χ4v) is 2.48. The number of benzene rings is 1. The Labute approximate surface area is 120 Å². The Morgan fingerprint density at radius 2 is 2.00 bits per heavy atom. The molecule has 2 N–H and O–H groups in total. The second-order valence-corrected chi connectivity index (χ2v) is 5.63. The molecule has 4 heteroatoms. The van der Waals surface area contributed by atoms with Crippen LogP contribution < -0.4 is 10.5 Å². The van der Waals surface area contributed by atoms with E-state index in [2.05, 4.69) is 0 Å². The van der Waals surface area contributed by atoms with Crippen LogP contribution in [0.2, 0.25) is 0 Å². The molecule has 1 aliphatic heterocycles. The van der Waals surface area contributed by atoms with Crippen molar-refractivity contribution in [2.24, 2.45) is 11.7 Å². The van der Waals surface area contributed by atoms with Gasteiger partial charge in [-0.05, 0) is 37.8 Å². The van der Waals surface area contributed by atoms with Gasteiger partial charge in [0, 0.05) is 25.6 Å².